The van der Waals surface area contributed by atoms with Gasteiger partial charge in [-0.2, -0.15) is 0 Å². The Hall–Kier alpha value is -1.02. The number of fused-ring (bicyclic) bond motifs is 1. The van der Waals surface area contributed by atoms with Crippen LogP contribution in [-0.4, -0.2) is 19.6 Å². The molecule has 1 aromatic carbocycles. The number of benzene rings is 1. The molecule has 2 nitrogen and oxygen atoms in total. The largest absolute Gasteiger partial charge is 0.371 e. The van der Waals surface area contributed by atoms with Crippen LogP contribution in [0.3, 0.4) is 0 Å². The average Bonchev–Trinajstić information content (AvgIpc) is 2.38. The third-order valence-corrected chi connectivity index (χ3v) is 4.22. The van der Waals surface area contributed by atoms with Crippen molar-refractivity contribution in [2.45, 2.75) is 39.5 Å². The number of nitrogens with zero attached hydrogens (tertiary/aromatic N) is 1. The van der Waals surface area contributed by atoms with Crippen LogP contribution in [-0.2, 0) is 6.42 Å². The molecule has 2 atom stereocenters. The summed E-state index contributed by atoms with van der Waals surface area (Å²) in [6, 6.07) is 8.90. The second-order valence-electron chi connectivity index (χ2n) is 6.21. The summed E-state index contributed by atoms with van der Waals surface area (Å²) in [6.45, 7) is 7.91. The lowest BCUT2D eigenvalue weighted by Crippen LogP contribution is -2.35. The van der Waals surface area contributed by atoms with E-state index in [4.69, 9.17) is 5.73 Å². The van der Waals surface area contributed by atoms with Crippen LogP contribution in [0.2, 0.25) is 0 Å². The Morgan fingerprint density at radius 2 is 2.11 bits per heavy atom. The lowest BCUT2D eigenvalue weighted by Gasteiger charge is -2.35. The molecule has 2 unspecified atom stereocenters. The molecule has 0 fully saturated rings. The van der Waals surface area contributed by atoms with Crippen molar-refractivity contribution in [2.24, 2.45) is 17.6 Å². The maximum atomic E-state index is 5.61. The third-order valence-electron chi connectivity index (χ3n) is 4.22. The Labute approximate surface area is 118 Å². The fourth-order valence-electron chi connectivity index (χ4n) is 3.18. The summed E-state index contributed by atoms with van der Waals surface area (Å²) in [6.07, 6.45) is 4.97. The Morgan fingerprint density at radius 3 is 2.89 bits per heavy atom. The number of nitrogens with two attached hydrogens (primary N) is 1. The second-order valence-corrected chi connectivity index (χ2v) is 6.21. The molecule has 2 N–H and O–H groups in total. The van der Waals surface area contributed by atoms with Gasteiger partial charge in [0, 0.05) is 18.8 Å². The van der Waals surface area contributed by atoms with Gasteiger partial charge in [-0.25, -0.2) is 0 Å². The topological polar surface area (TPSA) is 29.3 Å². The fourth-order valence-corrected chi connectivity index (χ4v) is 3.18. The van der Waals surface area contributed by atoms with Gasteiger partial charge in [-0.15, -0.1) is 0 Å². The lowest BCUT2D eigenvalue weighted by molar-refractivity contribution is 0.465. The first-order chi connectivity index (χ1) is 9.20. The molecule has 0 amide bonds. The maximum absolute atomic E-state index is 5.61. The van der Waals surface area contributed by atoms with E-state index in [0.29, 0.717) is 0 Å². The first-order valence-corrected chi connectivity index (χ1v) is 7.73. The molecule has 19 heavy (non-hydrogen) atoms. The summed E-state index contributed by atoms with van der Waals surface area (Å²) < 4.78 is 0. The van der Waals surface area contributed by atoms with Crippen LogP contribution in [0.5, 0.6) is 0 Å². The van der Waals surface area contributed by atoms with E-state index in [1.54, 1.807) is 0 Å². The monoisotopic (exact) mass is 260 g/mol. The third kappa shape index (κ3) is 3.97. The Morgan fingerprint density at radius 1 is 1.32 bits per heavy atom. The van der Waals surface area contributed by atoms with Gasteiger partial charge in [0.2, 0.25) is 0 Å². The number of hydrogen-bond acceptors (Lipinski definition) is 2. The molecule has 1 heterocycles. The molecule has 1 aliphatic heterocycles. The highest BCUT2D eigenvalue weighted by atomic mass is 15.1. The van der Waals surface area contributed by atoms with E-state index >= 15 is 0 Å². The molecule has 0 aromatic heterocycles. The quantitative estimate of drug-likeness (QED) is 0.849. The summed E-state index contributed by atoms with van der Waals surface area (Å²) in [5.74, 6) is 1.54. The Balaban J connectivity index is 1.90. The van der Waals surface area contributed by atoms with Crippen molar-refractivity contribution in [3.05, 3.63) is 29.8 Å². The molecule has 106 valence electrons. The van der Waals surface area contributed by atoms with Crippen LogP contribution in [0.1, 0.15) is 38.7 Å². The van der Waals surface area contributed by atoms with E-state index in [0.717, 1.165) is 24.8 Å². The molecule has 1 aromatic rings. The van der Waals surface area contributed by atoms with E-state index in [1.165, 1.54) is 43.6 Å². The minimum Gasteiger partial charge on any atom is -0.371 e. The number of rotatable bonds is 6. The van der Waals surface area contributed by atoms with Crippen molar-refractivity contribution in [3.8, 4) is 0 Å². The van der Waals surface area contributed by atoms with Crippen molar-refractivity contribution in [1.29, 1.82) is 0 Å². The van der Waals surface area contributed by atoms with E-state index in [2.05, 4.69) is 43.0 Å². The zero-order chi connectivity index (χ0) is 13.7. The summed E-state index contributed by atoms with van der Waals surface area (Å²) in [7, 11) is 0. The zero-order valence-corrected chi connectivity index (χ0v) is 12.4. The first-order valence-electron chi connectivity index (χ1n) is 7.73. The van der Waals surface area contributed by atoms with Gasteiger partial charge in [0.15, 0.2) is 0 Å². The van der Waals surface area contributed by atoms with Crippen LogP contribution < -0.4 is 10.6 Å². The second kappa shape index (κ2) is 6.95. The maximum Gasteiger partial charge on any atom is 0.0398 e. The van der Waals surface area contributed by atoms with Crippen molar-refractivity contribution in [1.82, 2.24) is 0 Å². The van der Waals surface area contributed by atoms with Gasteiger partial charge in [-0.3, -0.25) is 0 Å². The van der Waals surface area contributed by atoms with E-state index < -0.39 is 0 Å². The van der Waals surface area contributed by atoms with Crippen LogP contribution in [0.15, 0.2) is 24.3 Å². The van der Waals surface area contributed by atoms with Crippen molar-refractivity contribution < 1.29 is 0 Å². The normalized spacial score (nSPS) is 20.2. The Bertz CT molecular complexity index is 389. The smallest absolute Gasteiger partial charge is 0.0398 e. The van der Waals surface area contributed by atoms with Gasteiger partial charge >= 0.3 is 0 Å². The van der Waals surface area contributed by atoms with Crippen LogP contribution in [0.4, 0.5) is 5.69 Å². The SMILES string of the molecule is CC(CCN)CCCN1CC(C)Cc2ccccc21. The van der Waals surface area contributed by atoms with Gasteiger partial charge in [-0.05, 0) is 55.7 Å². The summed E-state index contributed by atoms with van der Waals surface area (Å²) >= 11 is 0. The zero-order valence-electron chi connectivity index (χ0n) is 12.4. The van der Waals surface area contributed by atoms with Crippen molar-refractivity contribution >= 4 is 5.69 Å². The van der Waals surface area contributed by atoms with Gasteiger partial charge in [0.1, 0.15) is 0 Å². The minimum atomic E-state index is 0.766. The van der Waals surface area contributed by atoms with E-state index in [1.807, 2.05) is 0 Å². The molecule has 0 spiro atoms. The Kier molecular flexibility index (Phi) is 5.26. The molecule has 0 saturated heterocycles. The lowest BCUT2D eigenvalue weighted by atomic mass is 9.93. The molecule has 2 rings (SSSR count). The van der Waals surface area contributed by atoms with Crippen LogP contribution in [0.25, 0.3) is 0 Å². The summed E-state index contributed by atoms with van der Waals surface area (Å²) in [4.78, 5) is 2.58. The van der Waals surface area contributed by atoms with Crippen LogP contribution >= 0.6 is 0 Å². The number of para-hydroxylation sites is 1. The van der Waals surface area contributed by atoms with Crippen molar-refractivity contribution in [2.75, 3.05) is 24.5 Å². The van der Waals surface area contributed by atoms with Gasteiger partial charge in [0.25, 0.3) is 0 Å². The molecule has 1 aliphatic rings. The molecule has 2 heteroatoms. The number of hydrogen-bond donors (Lipinski definition) is 1. The van der Waals surface area contributed by atoms with Gasteiger partial charge < -0.3 is 10.6 Å². The molecule has 0 aliphatic carbocycles. The highest BCUT2D eigenvalue weighted by Crippen LogP contribution is 2.29. The molecule has 0 radical (unpaired) electrons. The molecular weight excluding hydrogens is 232 g/mol. The predicted molar refractivity (Wildman–Crippen MR) is 83.6 cm³/mol. The molecule has 0 saturated carbocycles. The standard InChI is InChI=1S/C17H28N2/c1-14(9-10-18)6-5-11-19-13-15(2)12-16-7-3-4-8-17(16)19/h3-4,7-8,14-15H,5-6,9-13,18H2,1-2H3. The average molecular weight is 260 g/mol. The number of anilines is 1. The summed E-state index contributed by atoms with van der Waals surface area (Å²) in [5, 5.41) is 0. The minimum absolute atomic E-state index is 0.766. The fraction of sp³-hybridized carbons (Fsp3) is 0.647. The highest BCUT2D eigenvalue weighted by Gasteiger charge is 2.20. The first kappa shape index (κ1) is 14.4. The van der Waals surface area contributed by atoms with E-state index in [9.17, 15) is 0 Å². The molecular formula is C17H28N2. The van der Waals surface area contributed by atoms with E-state index in [-0.39, 0.29) is 0 Å². The highest BCUT2D eigenvalue weighted by molar-refractivity contribution is 5.55. The molecule has 0 bridgehead atoms. The summed E-state index contributed by atoms with van der Waals surface area (Å²) in [5.41, 5.74) is 8.60. The van der Waals surface area contributed by atoms with Gasteiger partial charge in [-0.1, -0.05) is 32.0 Å². The predicted octanol–water partition coefficient (Wildman–Crippen LogP) is 3.45. The van der Waals surface area contributed by atoms with Gasteiger partial charge in [0.05, 0.1) is 0 Å². The van der Waals surface area contributed by atoms with Crippen molar-refractivity contribution in [3.63, 3.8) is 0 Å². The van der Waals surface area contributed by atoms with Crippen LogP contribution in [0, 0.1) is 11.8 Å².